The quantitative estimate of drug-likeness (QED) is 0.338. The summed E-state index contributed by atoms with van der Waals surface area (Å²) in [4.78, 5) is 0.342. The summed E-state index contributed by atoms with van der Waals surface area (Å²) in [5.41, 5.74) is 5.98. The summed E-state index contributed by atoms with van der Waals surface area (Å²) >= 11 is 3.35. The highest BCUT2D eigenvalue weighted by Crippen LogP contribution is 2.28. The van der Waals surface area contributed by atoms with Crippen molar-refractivity contribution in [1.29, 1.82) is 0 Å². The topological polar surface area (TPSA) is 72.6 Å². The van der Waals surface area contributed by atoms with Gasteiger partial charge in [0.1, 0.15) is 0 Å². The average Bonchev–Trinajstić information content (AvgIpc) is 2.71. The maximum atomic E-state index is 12.9. The molecule has 1 atom stereocenters. The third-order valence-electron chi connectivity index (χ3n) is 5.69. The van der Waals surface area contributed by atoms with E-state index in [-0.39, 0.29) is 18.2 Å². The first-order valence-electron chi connectivity index (χ1n) is 10.6. The minimum absolute atomic E-state index is 0.0369. The van der Waals surface area contributed by atoms with Crippen molar-refractivity contribution >= 4 is 26.0 Å². The summed E-state index contributed by atoms with van der Waals surface area (Å²) in [7, 11) is -1.76. The van der Waals surface area contributed by atoms with Crippen molar-refractivity contribution in [2.45, 2.75) is 80.9 Å². The van der Waals surface area contributed by atoms with Gasteiger partial charge in [-0.05, 0) is 69.2 Å². The molecule has 1 saturated carbocycles. The molecule has 5 nitrogen and oxygen atoms in total. The predicted octanol–water partition coefficient (Wildman–Crippen LogP) is 4.86. The smallest absolute Gasteiger partial charge is 0.243 e. The maximum absolute atomic E-state index is 12.9. The first kappa shape index (κ1) is 24.5. The van der Waals surface area contributed by atoms with Gasteiger partial charge in [0.15, 0.2) is 0 Å². The van der Waals surface area contributed by atoms with Gasteiger partial charge in [0.2, 0.25) is 10.0 Å². The summed E-state index contributed by atoms with van der Waals surface area (Å²) in [6.07, 6.45) is 10.9. The van der Waals surface area contributed by atoms with Crippen molar-refractivity contribution in [3.63, 3.8) is 0 Å². The van der Waals surface area contributed by atoms with E-state index in [1.807, 2.05) is 6.08 Å². The molecule has 0 radical (unpaired) electrons. The molecular formula is C22H35BrN2O3S. The Hall–Kier alpha value is -0.730. The van der Waals surface area contributed by atoms with Gasteiger partial charge in [0, 0.05) is 30.2 Å². The van der Waals surface area contributed by atoms with Gasteiger partial charge in [-0.3, -0.25) is 0 Å². The van der Waals surface area contributed by atoms with E-state index in [1.165, 1.54) is 0 Å². The summed E-state index contributed by atoms with van der Waals surface area (Å²) in [6, 6.07) is 7.09. The molecule has 0 bridgehead atoms. The van der Waals surface area contributed by atoms with Crippen LogP contribution in [-0.4, -0.2) is 44.6 Å². The molecule has 1 unspecified atom stereocenters. The standard InChI is InChI=1S/C22H35BrN2O3S/c1-3-7-19(24)8-5-4-6-17-28-21-13-11-20(12-14-21)25(2)29(26,27)22-15-9-18(23)10-16-22/h3,9-10,15-16,19-21H,1,4-8,11-14,17,24H2,2H3/t19?,20-,21-. The molecule has 1 aromatic rings. The number of nitrogens with two attached hydrogens (primary N) is 1. The molecule has 2 N–H and O–H groups in total. The fourth-order valence-electron chi connectivity index (χ4n) is 3.81. The monoisotopic (exact) mass is 486 g/mol. The lowest BCUT2D eigenvalue weighted by molar-refractivity contribution is 0.0156. The van der Waals surface area contributed by atoms with E-state index in [0.29, 0.717) is 4.90 Å². The fraction of sp³-hybridized carbons (Fsp3) is 0.636. The van der Waals surface area contributed by atoms with Gasteiger partial charge in [-0.2, -0.15) is 4.31 Å². The lowest BCUT2D eigenvalue weighted by Crippen LogP contribution is -2.40. The van der Waals surface area contributed by atoms with Crippen LogP contribution in [0.4, 0.5) is 0 Å². The summed E-state index contributed by atoms with van der Waals surface area (Å²) in [5.74, 6) is 0. The highest BCUT2D eigenvalue weighted by atomic mass is 79.9. The van der Waals surface area contributed by atoms with Crippen LogP contribution in [0.1, 0.15) is 57.8 Å². The number of nitrogens with zero attached hydrogens (tertiary/aromatic N) is 1. The van der Waals surface area contributed by atoms with E-state index >= 15 is 0 Å². The summed E-state index contributed by atoms with van der Waals surface area (Å²) < 4.78 is 34.1. The summed E-state index contributed by atoms with van der Waals surface area (Å²) in [6.45, 7) is 4.50. The Kier molecular flexibility index (Phi) is 10.3. The minimum Gasteiger partial charge on any atom is -0.378 e. The molecule has 0 saturated heterocycles. The van der Waals surface area contributed by atoms with Crippen LogP contribution < -0.4 is 5.73 Å². The predicted molar refractivity (Wildman–Crippen MR) is 122 cm³/mol. The second kappa shape index (κ2) is 12.2. The number of benzene rings is 1. The largest absolute Gasteiger partial charge is 0.378 e. The van der Waals surface area contributed by atoms with Gasteiger partial charge in [0.25, 0.3) is 0 Å². The second-order valence-electron chi connectivity index (χ2n) is 7.91. The normalized spacial score (nSPS) is 21.2. The molecule has 0 aliphatic heterocycles. The van der Waals surface area contributed by atoms with E-state index in [2.05, 4.69) is 22.5 Å². The van der Waals surface area contributed by atoms with E-state index in [9.17, 15) is 8.42 Å². The Labute approximate surface area is 184 Å². The Bertz CT molecular complexity index is 716. The van der Waals surface area contributed by atoms with Gasteiger partial charge in [-0.25, -0.2) is 8.42 Å². The van der Waals surface area contributed by atoms with Crippen LogP contribution in [0.15, 0.2) is 46.3 Å². The van der Waals surface area contributed by atoms with Gasteiger partial charge in [0.05, 0.1) is 11.0 Å². The molecule has 1 aliphatic carbocycles. The van der Waals surface area contributed by atoms with Crippen LogP contribution in [0.2, 0.25) is 0 Å². The zero-order chi connectivity index (χ0) is 21.3. The molecule has 1 fully saturated rings. The van der Waals surface area contributed by atoms with Crippen LogP contribution in [0, 0.1) is 0 Å². The van der Waals surface area contributed by atoms with Crippen LogP contribution in [0.25, 0.3) is 0 Å². The molecule has 164 valence electrons. The van der Waals surface area contributed by atoms with Gasteiger partial charge < -0.3 is 10.5 Å². The Morgan fingerprint density at radius 2 is 1.86 bits per heavy atom. The van der Waals surface area contributed by atoms with Crippen molar-refractivity contribution in [3.8, 4) is 0 Å². The Balaban J connectivity index is 1.68. The number of hydrogen-bond acceptors (Lipinski definition) is 4. The molecular weight excluding hydrogens is 452 g/mol. The first-order chi connectivity index (χ1) is 13.8. The molecule has 29 heavy (non-hydrogen) atoms. The van der Waals surface area contributed by atoms with Crippen LogP contribution in [0.5, 0.6) is 0 Å². The van der Waals surface area contributed by atoms with E-state index in [4.69, 9.17) is 10.5 Å². The number of rotatable bonds is 12. The van der Waals surface area contributed by atoms with Crippen molar-refractivity contribution in [1.82, 2.24) is 4.31 Å². The van der Waals surface area contributed by atoms with Crippen LogP contribution >= 0.6 is 15.9 Å². The van der Waals surface area contributed by atoms with E-state index in [0.717, 1.165) is 68.9 Å². The molecule has 7 heteroatoms. The highest BCUT2D eigenvalue weighted by molar-refractivity contribution is 9.10. The lowest BCUT2D eigenvalue weighted by Gasteiger charge is -2.34. The molecule has 0 heterocycles. The van der Waals surface area contributed by atoms with E-state index in [1.54, 1.807) is 35.6 Å². The van der Waals surface area contributed by atoms with Gasteiger partial charge >= 0.3 is 0 Å². The van der Waals surface area contributed by atoms with Crippen molar-refractivity contribution in [2.75, 3.05) is 13.7 Å². The first-order valence-corrected chi connectivity index (χ1v) is 12.8. The average molecular weight is 488 g/mol. The minimum atomic E-state index is -3.46. The second-order valence-corrected chi connectivity index (χ2v) is 10.8. The van der Waals surface area contributed by atoms with Crippen LogP contribution in [-0.2, 0) is 14.8 Å². The van der Waals surface area contributed by atoms with Crippen molar-refractivity contribution < 1.29 is 13.2 Å². The molecule has 1 aliphatic rings. The number of sulfonamides is 1. The number of ether oxygens (including phenoxy) is 1. The van der Waals surface area contributed by atoms with Crippen molar-refractivity contribution in [2.24, 2.45) is 5.73 Å². The molecule has 0 spiro atoms. The molecule has 0 aromatic heterocycles. The highest BCUT2D eigenvalue weighted by Gasteiger charge is 2.31. The zero-order valence-corrected chi connectivity index (χ0v) is 19.8. The summed E-state index contributed by atoms with van der Waals surface area (Å²) in [5, 5.41) is 0. The van der Waals surface area contributed by atoms with Crippen molar-refractivity contribution in [3.05, 3.63) is 41.4 Å². The van der Waals surface area contributed by atoms with Gasteiger partial charge in [-0.1, -0.05) is 34.8 Å². The number of halogens is 1. The molecule has 1 aromatic carbocycles. The zero-order valence-electron chi connectivity index (χ0n) is 17.4. The third-order valence-corrected chi connectivity index (χ3v) is 8.14. The van der Waals surface area contributed by atoms with Crippen LogP contribution in [0.3, 0.4) is 0 Å². The van der Waals surface area contributed by atoms with Gasteiger partial charge in [-0.15, -0.1) is 6.58 Å². The SMILES string of the molecule is C=CCC(N)CCCCCO[C@H]1CC[C@H](N(C)S(=O)(=O)c2ccc(Br)cc2)CC1. The Morgan fingerprint density at radius 1 is 1.21 bits per heavy atom. The number of unbranched alkanes of at least 4 members (excludes halogenated alkanes) is 2. The number of hydrogen-bond donors (Lipinski definition) is 1. The molecule has 0 amide bonds. The molecule has 2 rings (SSSR count). The van der Waals surface area contributed by atoms with E-state index < -0.39 is 10.0 Å². The maximum Gasteiger partial charge on any atom is 0.243 e. The Morgan fingerprint density at radius 3 is 2.48 bits per heavy atom. The lowest BCUT2D eigenvalue weighted by atomic mass is 9.93. The fourth-order valence-corrected chi connectivity index (χ4v) is 5.49. The third kappa shape index (κ3) is 7.79.